The van der Waals surface area contributed by atoms with E-state index in [1.54, 1.807) is 6.07 Å². The van der Waals surface area contributed by atoms with E-state index >= 15 is 0 Å². The summed E-state index contributed by atoms with van der Waals surface area (Å²) in [5.74, 6) is 0.536. The predicted molar refractivity (Wildman–Crippen MR) is 75.8 cm³/mol. The van der Waals surface area contributed by atoms with Crippen LogP contribution in [0.5, 0.6) is 0 Å². The molecule has 0 radical (unpaired) electrons. The van der Waals surface area contributed by atoms with Gasteiger partial charge in [-0.3, -0.25) is 0 Å². The molecule has 1 atom stereocenters. The maximum absolute atomic E-state index is 13.3. The number of imidazole rings is 1. The van der Waals surface area contributed by atoms with Gasteiger partial charge in [0.25, 0.3) is 0 Å². The van der Waals surface area contributed by atoms with E-state index in [1.807, 2.05) is 6.92 Å². The fourth-order valence-electron chi connectivity index (χ4n) is 2.69. The first-order chi connectivity index (χ1) is 9.16. The SMILES string of the molecule is CC(Cl)c1nc2cc(F)ccc2n1N1CCCCC1. The zero-order valence-corrected chi connectivity index (χ0v) is 11.7. The highest BCUT2D eigenvalue weighted by atomic mass is 35.5. The summed E-state index contributed by atoms with van der Waals surface area (Å²) in [7, 11) is 0. The molecule has 0 spiro atoms. The Hall–Kier alpha value is -1.29. The van der Waals surface area contributed by atoms with E-state index in [0.29, 0.717) is 5.52 Å². The van der Waals surface area contributed by atoms with Crippen molar-refractivity contribution in [3.05, 3.63) is 29.8 Å². The van der Waals surface area contributed by atoms with Gasteiger partial charge >= 0.3 is 0 Å². The quantitative estimate of drug-likeness (QED) is 0.784. The first-order valence-corrected chi connectivity index (χ1v) is 7.17. The fraction of sp³-hybridized carbons (Fsp3) is 0.500. The maximum atomic E-state index is 13.3. The molecular formula is C14H17ClFN3. The zero-order chi connectivity index (χ0) is 13.4. The summed E-state index contributed by atoms with van der Waals surface area (Å²) in [4.78, 5) is 4.50. The van der Waals surface area contributed by atoms with Gasteiger partial charge in [0.15, 0.2) is 0 Å². The second-order valence-electron chi connectivity index (χ2n) is 5.05. The third-order valence-corrected chi connectivity index (χ3v) is 3.78. The molecule has 1 aromatic carbocycles. The molecular weight excluding hydrogens is 265 g/mol. The van der Waals surface area contributed by atoms with Gasteiger partial charge in [-0.1, -0.05) is 0 Å². The molecule has 3 nitrogen and oxygen atoms in total. The van der Waals surface area contributed by atoms with Crippen LogP contribution >= 0.6 is 11.6 Å². The average molecular weight is 282 g/mol. The van der Waals surface area contributed by atoms with Crippen LogP contribution in [0.15, 0.2) is 18.2 Å². The Kier molecular flexibility index (Phi) is 3.35. The standard InChI is InChI=1S/C14H17ClFN3/c1-10(15)14-17-12-9-11(16)5-6-13(12)19(14)18-7-3-2-4-8-18/h5-6,9-10H,2-4,7-8H2,1H3. The first-order valence-electron chi connectivity index (χ1n) is 6.74. The Bertz CT molecular complexity index is 588. The lowest BCUT2D eigenvalue weighted by Gasteiger charge is -2.31. The molecule has 0 aliphatic carbocycles. The minimum atomic E-state index is -0.260. The van der Waals surface area contributed by atoms with Gasteiger partial charge in [0.05, 0.1) is 16.4 Å². The van der Waals surface area contributed by atoms with Crippen LogP contribution in [0.3, 0.4) is 0 Å². The molecule has 102 valence electrons. The van der Waals surface area contributed by atoms with Crippen molar-refractivity contribution in [3.63, 3.8) is 0 Å². The van der Waals surface area contributed by atoms with Gasteiger partial charge in [0.2, 0.25) is 0 Å². The second-order valence-corrected chi connectivity index (χ2v) is 5.70. The Balaban J connectivity index is 2.15. The highest BCUT2D eigenvalue weighted by molar-refractivity contribution is 6.20. The van der Waals surface area contributed by atoms with E-state index in [4.69, 9.17) is 11.6 Å². The summed E-state index contributed by atoms with van der Waals surface area (Å²) in [6.45, 7) is 3.90. The van der Waals surface area contributed by atoms with Gasteiger partial charge < -0.3 is 5.01 Å². The largest absolute Gasteiger partial charge is 0.311 e. The number of hydrogen-bond donors (Lipinski definition) is 0. The molecule has 2 heterocycles. The summed E-state index contributed by atoms with van der Waals surface area (Å²) in [6.07, 6.45) is 3.62. The van der Waals surface area contributed by atoms with E-state index in [-0.39, 0.29) is 11.2 Å². The van der Waals surface area contributed by atoms with Gasteiger partial charge in [-0.25, -0.2) is 14.1 Å². The lowest BCUT2D eigenvalue weighted by Crippen LogP contribution is -2.40. The van der Waals surface area contributed by atoms with Gasteiger partial charge in [0, 0.05) is 19.2 Å². The van der Waals surface area contributed by atoms with Crippen molar-refractivity contribution in [1.29, 1.82) is 0 Å². The monoisotopic (exact) mass is 281 g/mol. The highest BCUT2D eigenvalue weighted by Gasteiger charge is 2.21. The van der Waals surface area contributed by atoms with Crippen molar-refractivity contribution >= 4 is 22.6 Å². The lowest BCUT2D eigenvalue weighted by molar-refractivity contribution is 0.475. The summed E-state index contributed by atoms with van der Waals surface area (Å²) in [6, 6.07) is 4.74. The third kappa shape index (κ3) is 2.29. The predicted octanol–water partition coefficient (Wildman–Crippen LogP) is 3.60. The van der Waals surface area contributed by atoms with Crippen LogP contribution in [0.2, 0.25) is 0 Å². The van der Waals surface area contributed by atoms with E-state index in [9.17, 15) is 4.39 Å². The highest BCUT2D eigenvalue weighted by Crippen LogP contribution is 2.26. The number of nitrogens with zero attached hydrogens (tertiary/aromatic N) is 3. The lowest BCUT2D eigenvalue weighted by atomic mass is 10.2. The normalized spacial score (nSPS) is 17.9. The number of halogens is 2. The molecule has 1 unspecified atom stereocenters. The summed E-state index contributed by atoms with van der Waals surface area (Å²) < 4.78 is 15.4. The molecule has 0 amide bonds. The molecule has 1 saturated heterocycles. The summed E-state index contributed by atoms with van der Waals surface area (Å²) in [5, 5.41) is 2.07. The topological polar surface area (TPSA) is 21.1 Å². The van der Waals surface area contributed by atoms with E-state index in [1.165, 1.54) is 31.4 Å². The Morgan fingerprint density at radius 1 is 1.26 bits per heavy atom. The molecule has 0 saturated carbocycles. The zero-order valence-electron chi connectivity index (χ0n) is 10.9. The van der Waals surface area contributed by atoms with Crippen molar-refractivity contribution in [2.45, 2.75) is 31.6 Å². The number of benzene rings is 1. The van der Waals surface area contributed by atoms with Crippen LogP contribution in [-0.2, 0) is 0 Å². The van der Waals surface area contributed by atoms with Gasteiger partial charge in [-0.2, -0.15) is 0 Å². The van der Waals surface area contributed by atoms with Crippen molar-refractivity contribution < 1.29 is 4.39 Å². The van der Waals surface area contributed by atoms with Crippen molar-refractivity contribution in [1.82, 2.24) is 9.66 Å². The van der Waals surface area contributed by atoms with Gasteiger partial charge in [0.1, 0.15) is 11.6 Å². The molecule has 2 aromatic rings. The molecule has 1 fully saturated rings. The molecule has 0 N–H and O–H groups in total. The Labute approximate surface area is 116 Å². The van der Waals surface area contributed by atoms with Crippen LogP contribution in [0, 0.1) is 5.82 Å². The molecule has 5 heteroatoms. The van der Waals surface area contributed by atoms with Crippen LogP contribution in [0.1, 0.15) is 37.4 Å². The van der Waals surface area contributed by atoms with Crippen molar-refractivity contribution in [2.24, 2.45) is 0 Å². The molecule has 1 aliphatic rings. The minimum Gasteiger partial charge on any atom is -0.311 e. The van der Waals surface area contributed by atoms with Gasteiger partial charge in [-0.15, -0.1) is 11.6 Å². The second kappa shape index (κ2) is 5.00. The number of fused-ring (bicyclic) bond motifs is 1. The van der Waals surface area contributed by atoms with Gasteiger partial charge in [-0.05, 0) is 38.3 Å². The molecule has 1 aliphatic heterocycles. The van der Waals surface area contributed by atoms with Crippen molar-refractivity contribution in [3.8, 4) is 0 Å². The van der Waals surface area contributed by atoms with Crippen LogP contribution in [0.4, 0.5) is 4.39 Å². The van der Waals surface area contributed by atoms with E-state index in [2.05, 4.69) is 14.7 Å². The first kappa shape index (κ1) is 12.7. The number of rotatable bonds is 2. The van der Waals surface area contributed by atoms with Crippen molar-refractivity contribution in [2.75, 3.05) is 18.1 Å². The maximum Gasteiger partial charge on any atom is 0.146 e. The molecule has 3 rings (SSSR count). The Morgan fingerprint density at radius 3 is 2.68 bits per heavy atom. The van der Waals surface area contributed by atoms with Crippen LogP contribution in [-0.4, -0.2) is 22.7 Å². The number of piperidine rings is 1. The van der Waals surface area contributed by atoms with Crippen LogP contribution in [0.25, 0.3) is 11.0 Å². The van der Waals surface area contributed by atoms with E-state index < -0.39 is 0 Å². The smallest absolute Gasteiger partial charge is 0.146 e. The third-order valence-electron chi connectivity index (χ3n) is 3.59. The molecule has 1 aromatic heterocycles. The van der Waals surface area contributed by atoms with E-state index in [0.717, 1.165) is 24.4 Å². The Morgan fingerprint density at radius 2 is 2.00 bits per heavy atom. The number of hydrogen-bond acceptors (Lipinski definition) is 2. The molecule has 19 heavy (non-hydrogen) atoms. The average Bonchev–Trinajstić information content (AvgIpc) is 2.78. The van der Waals surface area contributed by atoms with Crippen LogP contribution < -0.4 is 5.01 Å². The summed E-state index contributed by atoms with van der Waals surface area (Å²) >= 11 is 6.24. The summed E-state index contributed by atoms with van der Waals surface area (Å²) in [5.41, 5.74) is 1.61. The fourth-order valence-corrected chi connectivity index (χ4v) is 2.83. The molecule has 0 bridgehead atoms. The minimum absolute atomic E-state index is 0.197. The number of alkyl halides is 1. The number of aromatic nitrogens is 2.